The smallest absolute Gasteiger partial charge is 0.410 e. The molecule has 1 amide bonds. The van der Waals surface area contributed by atoms with E-state index in [1.54, 1.807) is 41.6 Å². The standard InChI is InChI=1S/C32H40N2O5/c1-31(2,3)27-19-24(29(36)37)15-16-26(27)23-13-11-22(12-14-23)9-8-18-34(30(38)39-32(4,5)6)21-28(35)25-10-7-17-33-20-25/h7,10-17,19-20,28,35H,8-9,18,21H2,1-6H3,(H,36,37)/t28-/m0/s1. The molecule has 0 aliphatic carbocycles. The van der Waals surface area contributed by atoms with Crippen LogP contribution in [0.5, 0.6) is 0 Å². The van der Waals surface area contributed by atoms with E-state index >= 15 is 0 Å². The third-order valence-corrected chi connectivity index (χ3v) is 6.35. The van der Waals surface area contributed by atoms with Crippen LogP contribution in [0.2, 0.25) is 0 Å². The summed E-state index contributed by atoms with van der Waals surface area (Å²) in [5.41, 5.74) is 4.21. The number of aliphatic hydroxyl groups excluding tert-OH is 1. The van der Waals surface area contributed by atoms with Crippen LogP contribution >= 0.6 is 0 Å². The number of hydrogen-bond donors (Lipinski definition) is 2. The van der Waals surface area contributed by atoms with Crippen molar-refractivity contribution in [1.82, 2.24) is 9.88 Å². The molecule has 3 aromatic rings. The molecular formula is C32H40N2O5. The molecule has 208 valence electrons. The van der Waals surface area contributed by atoms with Crippen molar-refractivity contribution in [2.24, 2.45) is 0 Å². The number of benzene rings is 2. The fourth-order valence-electron chi connectivity index (χ4n) is 4.35. The molecule has 0 unspecified atom stereocenters. The number of carbonyl (C=O) groups excluding carboxylic acids is 1. The highest BCUT2D eigenvalue weighted by Gasteiger charge is 2.25. The van der Waals surface area contributed by atoms with Crippen molar-refractivity contribution in [2.75, 3.05) is 13.1 Å². The first-order valence-electron chi connectivity index (χ1n) is 13.3. The number of hydrogen-bond acceptors (Lipinski definition) is 5. The second-order valence-electron chi connectivity index (χ2n) is 11.8. The van der Waals surface area contributed by atoms with Gasteiger partial charge in [-0.05, 0) is 79.5 Å². The van der Waals surface area contributed by atoms with Gasteiger partial charge in [-0.1, -0.05) is 57.2 Å². The van der Waals surface area contributed by atoms with Crippen LogP contribution in [0.3, 0.4) is 0 Å². The maximum Gasteiger partial charge on any atom is 0.410 e. The van der Waals surface area contributed by atoms with Crippen LogP contribution in [0.15, 0.2) is 67.0 Å². The molecule has 7 nitrogen and oxygen atoms in total. The second kappa shape index (κ2) is 12.4. The maximum absolute atomic E-state index is 12.9. The number of carboxylic acids is 1. The van der Waals surface area contributed by atoms with Gasteiger partial charge in [-0.2, -0.15) is 0 Å². The third-order valence-electron chi connectivity index (χ3n) is 6.35. The summed E-state index contributed by atoms with van der Waals surface area (Å²) in [6.07, 6.45) is 3.35. The number of pyridine rings is 1. The van der Waals surface area contributed by atoms with E-state index < -0.39 is 23.8 Å². The molecule has 7 heteroatoms. The molecule has 0 radical (unpaired) electrons. The highest BCUT2D eigenvalue weighted by Crippen LogP contribution is 2.34. The van der Waals surface area contributed by atoms with Crippen molar-refractivity contribution in [2.45, 2.75) is 71.5 Å². The minimum absolute atomic E-state index is 0.113. The van der Waals surface area contributed by atoms with Crippen LogP contribution in [0, 0.1) is 0 Å². The van der Waals surface area contributed by atoms with Crippen molar-refractivity contribution in [1.29, 1.82) is 0 Å². The van der Waals surface area contributed by atoms with Gasteiger partial charge in [0, 0.05) is 24.5 Å². The average molecular weight is 533 g/mol. The molecule has 2 N–H and O–H groups in total. The fourth-order valence-corrected chi connectivity index (χ4v) is 4.35. The molecule has 2 aromatic carbocycles. The van der Waals surface area contributed by atoms with Gasteiger partial charge < -0.3 is 19.8 Å². The number of carboxylic acid groups (broad SMARTS) is 1. The van der Waals surface area contributed by atoms with E-state index in [1.807, 2.05) is 26.8 Å². The van der Waals surface area contributed by atoms with Gasteiger partial charge in [0.2, 0.25) is 0 Å². The lowest BCUT2D eigenvalue weighted by atomic mass is 9.81. The number of aryl methyl sites for hydroxylation is 1. The monoisotopic (exact) mass is 532 g/mol. The normalized spacial score (nSPS) is 12.6. The zero-order valence-electron chi connectivity index (χ0n) is 23.8. The summed E-state index contributed by atoms with van der Waals surface area (Å²) in [6, 6.07) is 17.1. The Labute approximate surface area is 231 Å². The SMILES string of the molecule is CC(C)(C)OC(=O)N(CCCc1ccc(-c2ccc(C(=O)O)cc2C(C)(C)C)cc1)C[C@H](O)c1cccnc1. The number of aromatic carboxylic acids is 1. The molecule has 0 saturated carbocycles. The second-order valence-corrected chi connectivity index (χ2v) is 11.8. The number of aliphatic hydroxyl groups is 1. The van der Waals surface area contributed by atoms with Crippen LogP contribution in [-0.4, -0.2) is 50.9 Å². The van der Waals surface area contributed by atoms with Crippen LogP contribution < -0.4 is 0 Å². The minimum atomic E-state index is -0.934. The largest absolute Gasteiger partial charge is 0.478 e. The van der Waals surface area contributed by atoms with Gasteiger partial charge >= 0.3 is 12.1 Å². The van der Waals surface area contributed by atoms with E-state index in [1.165, 1.54) is 0 Å². The highest BCUT2D eigenvalue weighted by atomic mass is 16.6. The van der Waals surface area contributed by atoms with E-state index in [-0.39, 0.29) is 17.5 Å². The van der Waals surface area contributed by atoms with Crippen LogP contribution in [0.1, 0.15) is 81.1 Å². The highest BCUT2D eigenvalue weighted by molar-refractivity contribution is 5.89. The lowest BCUT2D eigenvalue weighted by Gasteiger charge is -2.29. The number of aromatic nitrogens is 1. The maximum atomic E-state index is 12.9. The molecule has 3 rings (SSSR count). The number of nitrogens with zero attached hydrogens (tertiary/aromatic N) is 2. The number of ether oxygens (including phenoxy) is 1. The number of amides is 1. The van der Waals surface area contributed by atoms with E-state index in [4.69, 9.17) is 4.74 Å². The summed E-state index contributed by atoms with van der Waals surface area (Å²) in [4.78, 5) is 30.0. The zero-order valence-corrected chi connectivity index (χ0v) is 23.8. The van der Waals surface area contributed by atoms with Gasteiger partial charge in [-0.25, -0.2) is 9.59 Å². The number of rotatable bonds is 9. The Kier molecular flexibility index (Phi) is 9.51. The molecule has 0 fully saturated rings. The molecule has 0 aliphatic heterocycles. The molecule has 1 atom stereocenters. The lowest BCUT2D eigenvalue weighted by molar-refractivity contribution is 0.0141. The Morgan fingerprint density at radius 2 is 1.69 bits per heavy atom. The van der Waals surface area contributed by atoms with Crippen LogP contribution in [0.25, 0.3) is 11.1 Å². The minimum Gasteiger partial charge on any atom is -0.478 e. The van der Waals surface area contributed by atoms with E-state index in [2.05, 4.69) is 50.0 Å². The summed E-state index contributed by atoms with van der Waals surface area (Å²) in [7, 11) is 0. The molecule has 1 heterocycles. The van der Waals surface area contributed by atoms with Gasteiger partial charge in [0.25, 0.3) is 0 Å². The first kappa shape index (κ1) is 29.8. The zero-order chi connectivity index (χ0) is 28.8. The summed E-state index contributed by atoms with van der Waals surface area (Å²) in [5, 5.41) is 20.1. The third kappa shape index (κ3) is 8.65. The molecule has 0 bridgehead atoms. The van der Waals surface area contributed by atoms with Crippen molar-refractivity contribution < 1.29 is 24.5 Å². The quantitative estimate of drug-likeness (QED) is 0.320. The summed E-state index contributed by atoms with van der Waals surface area (Å²) < 4.78 is 5.59. The van der Waals surface area contributed by atoms with Gasteiger partial charge in [0.1, 0.15) is 5.60 Å². The summed E-state index contributed by atoms with van der Waals surface area (Å²) in [6.45, 7) is 12.2. The Morgan fingerprint density at radius 3 is 2.26 bits per heavy atom. The van der Waals surface area contributed by atoms with Crippen molar-refractivity contribution in [3.8, 4) is 11.1 Å². The van der Waals surface area contributed by atoms with Gasteiger partial charge in [0.15, 0.2) is 0 Å². The molecule has 1 aromatic heterocycles. The van der Waals surface area contributed by atoms with Gasteiger partial charge in [0.05, 0.1) is 18.2 Å². The Bertz CT molecular complexity index is 1260. The molecule has 0 aliphatic rings. The Morgan fingerprint density at radius 1 is 1.00 bits per heavy atom. The average Bonchev–Trinajstić information content (AvgIpc) is 2.87. The van der Waals surface area contributed by atoms with E-state index in [0.717, 1.165) is 28.7 Å². The topological polar surface area (TPSA) is 100.0 Å². The fraction of sp³-hybridized carbons (Fsp3) is 0.406. The first-order valence-corrected chi connectivity index (χ1v) is 13.3. The van der Waals surface area contributed by atoms with Crippen molar-refractivity contribution >= 4 is 12.1 Å². The molecular weight excluding hydrogens is 492 g/mol. The molecule has 0 saturated heterocycles. The predicted octanol–water partition coefficient (Wildman–Crippen LogP) is 6.65. The van der Waals surface area contributed by atoms with Crippen LogP contribution in [-0.2, 0) is 16.6 Å². The van der Waals surface area contributed by atoms with Gasteiger partial charge in [-0.15, -0.1) is 0 Å². The lowest BCUT2D eigenvalue weighted by Crippen LogP contribution is -2.40. The molecule has 0 spiro atoms. The Hall–Kier alpha value is -3.71. The first-order chi connectivity index (χ1) is 18.2. The van der Waals surface area contributed by atoms with Crippen molar-refractivity contribution in [3.63, 3.8) is 0 Å². The van der Waals surface area contributed by atoms with Crippen molar-refractivity contribution in [3.05, 3.63) is 89.2 Å². The Balaban J connectivity index is 1.71. The van der Waals surface area contributed by atoms with E-state index in [0.29, 0.717) is 18.5 Å². The van der Waals surface area contributed by atoms with Gasteiger partial charge in [-0.3, -0.25) is 4.98 Å². The summed E-state index contributed by atoms with van der Waals surface area (Å²) in [5.74, 6) is -0.934. The number of carbonyl (C=O) groups is 2. The van der Waals surface area contributed by atoms with Crippen LogP contribution in [0.4, 0.5) is 4.79 Å². The van der Waals surface area contributed by atoms with E-state index in [9.17, 15) is 19.8 Å². The summed E-state index contributed by atoms with van der Waals surface area (Å²) >= 11 is 0. The predicted molar refractivity (Wildman–Crippen MR) is 153 cm³/mol. The molecule has 39 heavy (non-hydrogen) atoms.